The molecular formula is C25H29Cl2N3O3. The highest BCUT2D eigenvalue weighted by Crippen LogP contribution is 2.27. The summed E-state index contributed by atoms with van der Waals surface area (Å²) < 4.78 is 5.58. The normalized spacial score (nSPS) is 14.6. The Bertz CT molecular complexity index is 987. The third kappa shape index (κ3) is 8.06. The van der Waals surface area contributed by atoms with Crippen LogP contribution in [0.15, 0.2) is 47.6 Å². The number of hydrogen-bond donors (Lipinski definition) is 2. The maximum atomic E-state index is 12.4. The van der Waals surface area contributed by atoms with Gasteiger partial charge < -0.3 is 10.1 Å². The maximum absolute atomic E-state index is 12.4. The number of carbonyl (C=O) groups is 2. The highest BCUT2D eigenvalue weighted by atomic mass is 35.5. The molecule has 1 aliphatic rings. The summed E-state index contributed by atoms with van der Waals surface area (Å²) in [5, 5.41) is 8.15. The first-order chi connectivity index (χ1) is 15.9. The second-order valence-corrected chi connectivity index (χ2v) is 9.00. The Hall–Kier alpha value is -2.57. The summed E-state index contributed by atoms with van der Waals surface area (Å²) in [4.78, 5) is 24.4. The molecule has 8 heteroatoms. The number of rotatable bonds is 9. The summed E-state index contributed by atoms with van der Waals surface area (Å²) in [6.07, 6.45) is 6.21. The van der Waals surface area contributed by atoms with Crippen molar-refractivity contribution in [2.45, 2.75) is 51.9 Å². The molecule has 2 N–H and O–H groups in total. The van der Waals surface area contributed by atoms with Crippen molar-refractivity contribution in [1.82, 2.24) is 5.43 Å². The number of hydrogen-bond acceptors (Lipinski definition) is 4. The van der Waals surface area contributed by atoms with Crippen LogP contribution in [0.2, 0.25) is 10.0 Å². The molecule has 0 saturated heterocycles. The van der Waals surface area contributed by atoms with E-state index in [1.54, 1.807) is 18.2 Å². The van der Waals surface area contributed by atoms with Crippen LogP contribution in [0.5, 0.6) is 5.75 Å². The van der Waals surface area contributed by atoms with Crippen LogP contribution in [0.4, 0.5) is 5.69 Å². The molecule has 1 aliphatic carbocycles. The standard InChI is InChI=1S/C25H29Cl2N3O3/c1-17(18-9-12-21(13-10-18)28-25(32)19-6-3-2-4-7-19)29-30-24(31)8-5-15-33-23-14-11-20(26)16-22(23)27/h9-14,16,19H,2-8,15H2,1H3,(H,28,32)(H,30,31)/b29-17-. The zero-order chi connectivity index (χ0) is 23.6. The van der Waals surface area contributed by atoms with Crippen LogP contribution < -0.4 is 15.5 Å². The predicted octanol–water partition coefficient (Wildman–Crippen LogP) is 6.21. The molecule has 33 heavy (non-hydrogen) atoms. The molecule has 2 amide bonds. The fraction of sp³-hybridized carbons (Fsp3) is 0.400. The Balaban J connectivity index is 1.40. The van der Waals surface area contributed by atoms with Crippen LogP contribution >= 0.6 is 23.2 Å². The molecule has 2 aromatic rings. The number of amides is 2. The van der Waals surface area contributed by atoms with Gasteiger partial charge in [-0.15, -0.1) is 0 Å². The van der Waals surface area contributed by atoms with Crippen molar-refractivity contribution in [1.29, 1.82) is 0 Å². The Kier molecular flexibility index (Phi) is 9.58. The molecule has 2 aromatic carbocycles. The zero-order valence-corrected chi connectivity index (χ0v) is 20.2. The van der Waals surface area contributed by atoms with Gasteiger partial charge in [-0.05, 0) is 62.1 Å². The predicted molar refractivity (Wildman–Crippen MR) is 133 cm³/mol. The summed E-state index contributed by atoms with van der Waals surface area (Å²) in [7, 11) is 0. The molecule has 0 atom stereocenters. The Morgan fingerprint density at radius 2 is 1.79 bits per heavy atom. The lowest BCUT2D eigenvalue weighted by atomic mass is 9.88. The van der Waals surface area contributed by atoms with Gasteiger partial charge in [0, 0.05) is 23.0 Å². The van der Waals surface area contributed by atoms with Gasteiger partial charge in [0.25, 0.3) is 0 Å². The van der Waals surface area contributed by atoms with Crippen molar-refractivity contribution in [2.24, 2.45) is 11.0 Å². The van der Waals surface area contributed by atoms with Crippen LogP contribution in [-0.4, -0.2) is 24.1 Å². The number of benzene rings is 2. The summed E-state index contributed by atoms with van der Waals surface area (Å²) in [6, 6.07) is 12.5. The van der Waals surface area contributed by atoms with E-state index in [1.807, 2.05) is 31.2 Å². The molecule has 1 saturated carbocycles. The summed E-state index contributed by atoms with van der Waals surface area (Å²) in [5.74, 6) is 0.554. The van der Waals surface area contributed by atoms with Crippen molar-refractivity contribution in [3.05, 3.63) is 58.1 Å². The average molecular weight is 490 g/mol. The molecule has 0 radical (unpaired) electrons. The first kappa shape index (κ1) is 25.1. The number of ether oxygens (including phenoxy) is 1. The van der Waals surface area contributed by atoms with Crippen LogP contribution in [0.1, 0.15) is 57.4 Å². The minimum Gasteiger partial charge on any atom is -0.492 e. The second-order valence-electron chi connectivity index (χ2n) is 8.16. The number of carbonyl (C=O) groups excluding carboxylic acids is 2. The molecule has 0 bridgehead atoms. The van der Waals surface area contributed by atoms with E-state index < -0.39 is 0 Å². The van der Waals surface area contributed by atoms with E-state index in [9.17, 15) is 9.59 Å². The molecule has 176 valence electrons. The summed E-state index contributed by atoms with van der Waals surface area (Å²) in [5.41, 5.74) is 4.88. The number of nitrogens with one attached hydrogen (secondary N) is 2. The Morgan fingerprint density at radius 1 is 1.06 bits per heavy atom. The molecule has 0 spiro atoms. The van der Waals surface area contributed by atoms with E-state index in [0.717, 1.165) is 36.9 Å². The van der Waals surface area contributed by atoms with Gasteiger partial charge in [0.2, 0.25) is 11.8 Å². The first-order valence-electron chi connectivity index (χ1n) is 11.2. The highest BCUT2D eigenvalue weighted by Gasteiger charge is 2.20. The molecule has 0 aromatic heterocycles. The van der Waals surface area contributed by atoms with Crippen LogP contribution in [0.25, 0.3) is 0 Å². The van der Waals surface area contributed by atoms with Crippen molar-refractivity contribution < 1.29 is 14.3 Å². The van der Waals surface area contributed by atoms with Gasteiger partial charge in [-0.2, -0.15) is 5.10 Å². The van der Waals surface area contributed by atoms with Crippen LogP contribution in [-0.2, 0) is 9.59 Å². The smallest absolute Gasteiger partial charge is 0.240 e. The second kappa shape index (κ2) is 12.6. The lowest BCUT2D eigenvalue weighted by molar-refractivity contribution is -0.121. The number of halogens is 2. The molecule has 1 fully saturated rings. The minimum absolute atomic E-state index is 0.0995. The third-order valence-corrected chi connectivity index (χ3v) is 6.12. The van der Waals surface area contributed by atoms with E-state index in [0.29, 0.717) is 34.5 Å². The molecule has 3 rings (SSSR count). The van der Waals surface area contributed by atoms with E-state index >= 15 is 0 Å². The van der Waals surface area contributed by atoms with E-state index in [2.05, 4.69) is 15.8 Å². The van der Waals surface area contributed by atoms with Crippen molar-refractivity contribution in [3.63, 3.8) is 0 Å². The minimum atomic E-state index is -0.198. The fourth-order valence-electron chi connectivity index (χ4n) is 3.68. The van der Waals surface area contributed by atoms with Crippen molar-refractivity contribution in [2.75, 3.05) is 11.9 Å². The Morgan fingerprint density at radius 3 is 2.48 bits per heavy atom. The lowest BCUT2D eigenvalue weighted by Crippen LogP contribution is -2.24. The van der Waals surface area contributed by atoms with Gasteiger partial charge in [-0.25, -0.2) is 5.43 Å². The third-order valence-electron chi connectivity index (χ3n) is 5.59. The maximum Gasteiger partial charge on any atom is 0.240 e. The quantitative estimate of drug-likeness (QED) is 0.249. The largest absolute Gasteiger partial charge is 0.492 e. The summed E-state index contributed by atoms with van der Waals surface area (Å²) in [6.45, 7) is 2.17. The van der Waals surface area contributed by atoms with Gasteiger partial charge >= 0.3 is 0 Å². The average Bonchev–Trinajstić information content (AvgIpc) is 2.82. The number of hydrazone groups is 1. The zero-order valence-electron chi connectivity index (χ0n) is 18.7. The Labute approximate surface area is 204 Å². The number of nitrogens with zero attached hydrogens (tertiary/aromatic N) is 1. The van der Waals surface area contributed by atoms with E-state index in [4.69, 9.17) is 27.9 Å². The molecule has 0 unspecified atom stereocenters. The number of anilines is 1. The monoisotopic (exact) mass is 489 g/mol. The van der Waals surface area contributed by atoms with E-state index in [1.165, 1.54) is 6.42 Å². The first-order valence-corrected chi connectivity index (χ1v) is 12.0. The van der Waals surface area contributed by atoms with Crippen molar-refractivity contribution in [3.8, 4) is 5.75 Å². The lowest BCUT2D eigenvalue weighted by Gasteiger charge is -2.20. The topological polar surface area (TPSA) is 79.8 Å². The van der Waals surface area contributed by atoms with Gasteiger partial charge in [0.1, 0.15) is 5.75 Å². The molecular weight excluding hydrogens is 461 g/mol. The van der Waals surface area contributed by atoms with Crippen molar-refractivity contribution >= 4 is 46.4 Å². The fourth-order valence-corrected chi connectivity index (χ4v) is 4.14. The van der Waals surface area contributed by atoms with Gasteiger partial charge in [0.15, 0.2) is 0 Å². The highest BCUT2D eigenvalue weighted by molar-refractivity contribution is 6.35. The van der Waals surface area contributed by atoms with Crippen LogP contribution in [0, 0.1) is 5.92 Å². The van der Waals surface area contributed by atoms with Gasteiger partial charge in [0.05, 0.1) is 17.3 Å². The summed E-state index contributed by atoms with van der Waals surface area (Å²) >= 11 is 11.9. The SMILES string of the molecule is C/C(=N/NC(=O)CCCOc1ccc(Cl)cc1Cl)c1ccc(NC(=O)C2CCCCC2)cc1. The van der Waals surface area contributed by atoms with Gasteiger partial charge in [-0.1, -0.05) is 54.6 Å². The van der Waals surface area contributed by atoms with Crippen LogP contribution in [0.3, 0.4) is 0 Å². The molecule has 6 nitrogen and oxygen atoms in total. The van der Waals surface area contributed by atoms with Gasteiger partial charge in [-0.3, -0.25) is 9.59 Å². The molecule has 0 heterocycles. The van der Waals surface area contributed by atoms with E-state index in [-0.39, 0.29) is 24.2 Å². The molecule has 0 aliphatic heterocycles.